The van der Waals surface area contributed by atoms with Gasteiger partial charge in [0.25, 0.3) is 0 Å². The van der Waals surface area contributed by atoms with E-state index in [-0.39, 0.29) is 0 Å². The summed E-state index contributed by atoms with van der Waals surface area (Å²) in [6.07, 6.45) is 3.19. The summed E-state index contributed by atoms with van der Waals surface area (Å²) in [6.45, 7) is 0. The van der Waals surface area contributed by atoms with E-state index in [2.05, 4.69) is 9.98 Å². The van der Waals surface area contributed by atoms with E-state index in [9.17, 15) is 4.79 Å². The van der Waals surface area contributed by atoms with E-state index in [0.29, 0.717) is 5.49 Å². The molecule has 1 aliphatic heterocycles. The normalized spacial score (nSPS) is 19.2. The Labute approximate surface area is 67.9 Å². The van der Waals surface area contributed by atoms with Gasteiger partial charge in [-0.05, 0) is 18.2 Å². The van der Waals surface area contributed by atoms with Crippen LogP contribution >= 0.6 is 0 Å². The Morgan fingerprint density at radius 2 is 2.42 bits per heavy atom. The summed E-state index contributed by atoms with van der Waals surface area (Å²) in [5.74, 6) is -0.937. The van der Waals surface area contributed by atoms with Gasteiger partial charge in [0.05, 0.1) is 0 Å². The molecular formula is C8H6N2O2. The molecule has 0 amide bonds. The first kappa shape index (κ1) is 6.97. The van der Waals surface area contributed by atoms with Crippen LogP contribution in [-0.2, 0) is 4.79 Å². The number of nitrogens with zero attached hydrogens (tertiary/aromatic N) is 2. The van der Waals surface area contributed by atoms with E-state index in [1.807, 2.05) is 0 Å². The molecule has 12 heavy (non-hydrogen) atoms. The summed E-state index contributed by atoms with van der Waals surface area (Å²) < 4.78 is 0. The second kappa shape index (κ2) is 2.41. The van der Waals surface area contributed by atoms with Gasteiger partial charge in [-0.25, -0.2) is 14.8 Å². The maximum absolute atomic E-state index is 10.5. The molecule has 2 heterocycles. The van der Waals surface area contributed by atoms with Crippen molar-refractivity contribution < 1.29 is 9.90 Å². The Kier molecular flexibility index (Phi) is 1.40. The smallest absolute Gasteiger partial charge is 0.332 e. The van der Waals surface area contributed by atoms with Crippen LogP contribution in [0.4, 0.5) is 0 Å². The van der Waals surface area contributed by atoms with Crippen molar-refractivity contribution in [3.63, 3.8) is 0 Å². The van der Waals surface area contributed by atoms with Gasteiger partial charge in [-0.3, -0.25) is 0 Å². The van der Waals surface area contributed by atoms with Crippen molar-refractivity contribution in [2.24, 2.45) is 4.99 Å². The van der Waals surface area contributed by atoms with Gasteiger partial charge in [0.2, 0.25) is 0 Å². The fourth-order valence-electron chi connectivity index (χ4n) is 1.11. The minimum Gasteiger partial charge on any atom is -0.479 e. The van der Waals surface area contributed by atoms with E-state index < -0.39 is 12.0 Å². The third kappa shape index (κ3) is 0.972. The predicted octanol–water partition coefficient (Wildman–Crippen LogP) is -1.05. The maximum Gasteiger partial charge on any atom is 0.332 e. The van der Waals surface area contributed by atoms with E-state index in [4.69, 9.17) is 5.11 Å². The first-order valence-corrected chi connectivity index (χ1v) is 3.51. The summed E-state index contributed by atoms with van der Waals surface area (Å²) in [6, 6.07) is 2.80. The van der Waals surface area contributed by atoms with Gasteiger partial charge >= 0.3 is 5.97 Å². The second-order valence-electron chi connectivity index (χ2n) is 2.50. The average Bonchev–Trinajstić information content (AvgIpc) is 2.46. The number of carboxylic acid groups (broad SMARTS) is 1. The van der Waals surface area contributed by atoms with Crippen LogP contribution in [0.25, 0.3) is 6.08 Å². The molecule has 1 aliphatic rings. The molecule has 2 rings (SSSR count). The van der Waals surface area contributed by atoms with Crippen LogP contribution in [0.3, 0.4) is 0 Å². The summed E-state index contributed by atoms with van der Waals surface area (Å²) in [7, 11) is 0. The molecule has 4 heteroatoms. The highest BCUT2D eigenvalue weighted by Crippen LogP contribution is 1.94. The van der Waals surface area contributed by atoms with Crippen LogP contribution < -0.4 is 10.7 Å². The minimum absolute atomic E-state index is 0.518. The molecule has 0 fully saturated rings. The fraction of sp³-hybridized carbons (Fsp3) is 0.125. The molecule has 4 nitrogen and oxygen atoms in total. The zero-order valence-corrected chi connectivity index (χ0v) is 6.14. The van der Waals surface area contributed by atoms with Gasteiger partial charge in [0.15, 0.2) is 11.5 Å². The Morgan fingerprint density at radius 1 is 1.58 bits per heavy atom. The number of aromatic nitrogens is 1. The summed E-state index contributed by atoms with van der Waals surface area (Å²) >= 11 is 0. The lowest BCUT2D eigenvalue weighted by Crippen LogP contribution is -2.23. The third-order valence-corrected chi connectivity index (χ3v) is 1.67. The zero-order valence-electron chi connectivity index (χ0n) is 6.14. The van der Waals surface area contributed by atoms with Crippen LogP contribution in [0.15, 0.2) is 23.3 Å². The van der Waals surface area contributed by atoms with Gasteiger partial charge in [-0.15, -0.1) is 0 Å². The van der Waals surface area contributed by atoms with Crippen LogP contribution in [-0.4, -0.2) is 22.1 Å². The summed E-state index contributed by atoms with van der Waals surface area (Å²) in [4.78, 5) is 18.3. The highest BCUT2D eigenvalue weighted by Gasteiger charge is 2.15. The minimum atomic E-state index is -0.937. The number of carboxylic acids is 1. The molecule has 0 spiro atoms. The molecule has 60 valence electrons. The van der Waals surface area contributed by atoms with Gasteiger partial charge in [0, 0.05) is 11.4 Å². The van der Waals surface area contributed by atoms with Crippen molar-refractivity contribution in [2.45, 2.75) is 6.04 Å². The molecule has 0 bridgehead atoms. The summed E-state index contributed by atoms with van der Waals surface area (Å²) in [5.41, 5.74) is 0.518. The standard InChI is InChI=1S/C8H6N2O2/c11-8(12)6-4-5-2-1-3-9-7(5)10-6/h1-4,6H,(H,11,12)/t6-/m1/s1. The van der Waals surface area contributed by atoms with Gasteiger partial charge in [-0.2, -0.15) is 0 Å². The van der Waals surface area contributed by atoms with Crippen LogP contribution in [0.5, 0.6) is 0 Å². The maximum atomic E-state index is 10.5. The van der Waals surface area contributed by atoms with Crippen molar-refractivity contribution in [2.75, 3.05) is 0 Å². The SMILES string of the molecule is O=C(O)[C@H]1C=c2cccnc2=N1. The first-order chi connectivity index (χ1) is 5.77. The Hall–Kier alpha value is -1.71. The topological polar surface area (TPSA) is 62.5 Å². The van der Waals surface area contributed by atoms with Crippen molar-refractivity contribution in [1.82, 2.24) is 4.98 Å². The van der Waals surface area contributed by atoms with Crippen molar-refractivity contribution in [1.29, 1.82) is 0 Å². The summed E-state index contributed by atoms with van der Waals surface area (Å²) in [5, 5.41) is 9.43. The molecule has 0 saturated heterocycles. The Balaban J connectivity index is 2.60. The van der Waals surface area contributed by atoms with Crippen LogP contribution in [0.1, 0.15) is 0 Å². The molecule has 1 aromatic rings. The fourth-order valence-corrected chi connectivity index (χ4v) is 1.11. The largest absolute Gasteiger partial charge is 0.479 e. The molecule has 0 saturated carbocycles. The molecular weight excluding hydrogens is 156 g/mol. The molecule has 1 atom stereocenters. The van der Waals surface area contributed by atoms with Crippen molar-refractivity contribution in [3.05, 3.63) is 29.0 Å². The van der Waals surface area contributed by atoms with Crippen LogP contribution in [0.2, 0.25) is 0 Å². The van der Waals surface area contributed by atoms with E-state index in [1.165, 1.54) is 0 Å². The van der Waals surface area contributed by atoms with Crippen molar-refractivity contribution in [3.8, 4) is 0 Å². The van der Waals surface area contributed by atoms with Gasteiger partial charge in [0.1, 0.15) is 0 Å². The number of fused-ring (bicyclic) bond motifs is 1. The predicted molar refractivity (Wildman–Crippen MR) is 40.9 cm³/mol. The van der Waals surface area contributed by atoms with E-state index in [1.54, 1.807) is 24.4 Å². The van der Waals surface area contributed by atoms with Gasteiger partial charge < -0.3 is 5.11 Å². The highest BCUT2D eigenvalue weighted by atomic mass is 16.4. The number of aliphatic carboxylic acids is 1. The quantitative estimate of drug-likeness (QED) is 0.573. The van der Waals surface area contributed by atoms with Crippen LogP contribution in [0, 0.1) is 0 Å². The lowest BCUT2D eigenvalue weighted by atomic mass is 10.3. The average molecular weight is 162 g/mol. The molecule has 1 N–H and O–H groups in total. The lowest BCUT2D eigenvalue weighted by molar-refractivity contribution is -0.136. The van der Waals surface area contributed by atoms with E-state index >= 15 is 0 Å². The number of pyridine rings is 1. The Morgan fingerprint density at radius 3 is 3.08 bits per heavy atom. The Bertz CT molecular complexity index is 404. The number of hydrogen-bond acceptors (Lipinski definition) is 3. The van der Waals surface area contributed by atoms with Crippen molar-refractivity contribution >= 4 is 12.0 Å². The monoisotopic (exact) mass is 162 g/mol. The second-order valence-corrected chi connectivity index (χ2v) is 2.50. The zero-order chi connectivity index (χ0) is 8.55. The molecule has 0 radical (unpaired) electrons. The first-order valence-electron chi connectivity index (χ1n) is 3.51. The van der Waals surface area contributed by atoms with E-state index in [0.717, 1.165) is 5.22 Å². The highest BCUT2D eigenvalue weighted by molar-refractivity contribution is 5.81. The molecule has 0 aromatic carbocycles. The molecule has 0 aliphatic carbocycles. The number of hydrogen-bond donors (Lipinski definition) is 1. The number of rotatable bonds is 1. The number of carbonyl (C=O) groups is 1. The molecule has 0 unspecified atom stereocenters. The molecule has 1 aromatic heterocycles. The third-order valence-electron chi connectivity index (χ3n) is 1.67. The van der Waals surface area contributed by atoms with Gasteiger partial charge in [-0.1, -0.05) is 0 Å². The lowest BCUT2D eigenvalue weighted by Gasteiger charge is -1.92.